The number of hydrogen-bond acceptors (Lipinski definition) is 6. The number of carbonyl (C=O) groups is 2. The number of amides is 2. The molecule has 0 fully saturated rings. The van der Waals surface area contributed by atoms with E-state index < -0.39 is 23.7 Å². The van der Waals surface area contributed by atoms with E-state index >= 15 is 0 Å². The molecule has 5 aromatic rings. The second kappa shape index (κ2) is 11.3. The van der Waals surface area contributed by atoms with E-state index in [9.17, 15) is 22.8 Å². The van der Waals surface area contributed by atoms with E-state index in [2.05, 4.69) is 24.1 Å². The van der Waals surface area contributed by atoms with E-state index in [-0.39, 0.29) is 44.6 Å². The minimum Gasteiger partial charge on any atom is -0.485 e. The third-order valence-electron chi connectivity index (χ3n) is 6.55. The van der Waals surface area contributed by atoms with Gasteiger partial charge in [-0.25, -0.2) is 4.98 Å². The highest BCUT2D eigenvalue weighted by Gasteiger charge is 2.35. The van der Waals surface area contributed by atoms with Crippen molar-refractivity contribution in [3.05, 3.63) is 99.9 Å². The first kappa shape index (κ1) is 28.9. The number of pyridine rings is 1. The van der Waals surface area contributed by atoms with E-state index in [1.54, 1.807) is 36.4 Å². The summed E-state index contributed by atoms with van der Waals surface area (Å²) in [7, 11) is 0. The summed E-state index contributed by atoms with van der Waals surface area (Å²) in [6.07, 6.45) is -4.74. The second-order valence-corrected chi connectivity index (χ2v) is 11.0. The molecule has 3 N–H and O–H groups in total. The van der Waals surface area contributed by atoms with Crippen molar-refractivity contribution in [1.29, 1.82) is 0 Å². The Labute approximate surface area is 243 Å². The first-order valence-corrected chi connectivity index (χ1v) is 13.8. The maximum absolute atomic E-state index is 13.7. The standard InChI is InChI=1S/C31H26F3N3O4S/c1-16(2)20-11-9-17(3)13-23(20)40-15-19-10-12-22(41-19)29(39)37-26-25-21(18-7-5-4-6-8-18)14-24(31(32,33)34)36-30(25)42-27(26)28(35)38/h4-14,16H,15H2,1-3H3,(H2,35,38)(H,37,39). The zero-order valence-corrected chi connectivity index (χ0v) is 23.7. The summed E-state index contributed by atoms with van der Waals surface area (Å²) in [4.78, 5) is 29.2. The third kappa shape index (κ3) is 5.87. The molecule has 0 spiro atoms. The number of nitrogens with one attached hydrogen (secondary N) is 1. The van der Waals surface area contributed by atoms with E-state index in [4.69, 9.17) is 14.9 Å². The van der Waals surface area contributed by atoms with E-state index in [0.29, 0.717) is 28.4 Å². The van der Waals surface area contributed by atoms with Gasteiger partial charge in [-0.1, -0.05) is 56.3 Å². The summed E-state index contributed by atoms with van der Waals surface area (Å²) in [5.41, 5.74) is 7.05. The van der Waals surface area contributed by atoms with Gasteiger partial charge in [0.1, 0.15) is 33.5 Å². The Kier molecular flexibility index (Phi) is 7.79. The summed E-state index contributed by atoms with van der Waals surface area (Å²) < 4.78 is 52.9. The lowest BCUT2D eigenvalue weighted by atomic mass is 10.0. The predicted octanol–water partition coefficient (Wildman–Crippen LogP) is 7.94. The highest BCUT2D eigenvalue weighted by Crippen LogP contribution is 2.43. The number of furan rings is 1. The molecule has 3 aromatic heterocycles. The maximum Gasteiger partial charge on any atom is 0.433 e. The third-order valence-corrected chi connectivity index (χ3v) is 7.64. The van der Waals surface area contributed by atoms with Crippen LogP contribution in [0.5, 0.6) is 5.75 Å². The average molecular weight is 594 g/mol. The molecule has 0 aliphatic heterocycles. The van der Waals surface area contributed by atoms with Gasteiger partial charge in [0.25, 0.3) is 11.8 Å². The van der Waals surface area contributed by atoms with Gasteiger partial charge in [-0.3, -0.25) is 9.59 Å². The minimum absolute atomic E-state index is 0.0388. The second-order valence-electron chi connectivity index (χ2n) is 9.97. The van der Waals surface area contributed by atoms with Gasteiger partial charge in [0.15, 0.2) is 5.76 Å². The van der Waals surface area contributed by atoms with Crippen LogP contribution in [0.25, 0.3) is 21.3 Å². The number of aromatic nitrogens is 1. The lowest BCUT2D eigenvalue weighted by Crippen LogP contribution is -2.16. The number of primary amides is 1. The number of aryl methyl sites for hydroxylation is 1. The molecule has 0 saturated carbocycles. The topological polar surface area (TPSA) is 107 Å². The SMILES string of the molecule is Cc1ccc(C(C)C)c(OCc2ccc(C(=O)Nc3c(C(N)=O)sc4nc(C(F)(F)F)cc(-c5ccccc5)c34)o2)c1. The normalized spacial score (nSPS) is 11.7. The number of nitrogens with zero attached hydrogens (tertiary/aromatic N) is 1. The van der Waals surface area contributed by atoms with Gasteiger partial charge in [-0.15, -0.1) is 11.3 Å². The summed E-state index contributed by atoms with van der Waals surface area (Å²) >= 11 is 0.673. The number of nitrogens with two attached hydrogens (primary N) is 1. The van der Waals surface area contributed by atoms with Gasteiger partial charge < -0.3 is 20.2 Å². The number of anilines is 1. The predicted molar refractivity (Wildman–Crippen MR) is 155 cm³/mol. The number of rotatable bonds is 8. The minimum atomic E-state index is -4.74. The number of thiophene rings is 1. The maximum atomic E-state index is 13.7. The number of halogens is 3. The number of carbonyl (C=O) groups excluding carboxylic acids is 2. The van der Waals surface area contributed by atoms with Gasteiger partial charge in [-0.05, 0) is 59.4 Å². The lowest BCUT2D eigenvalue weighted by molar-refractivity contribution is -0.140. The Morgan fingerprint density at radius 2 is 1.81 bits per heavy atom. The van der Waals surface area contributed by atoms with E-state index in [1.165, 1.54) is 6.07 Å². The van der Waals surface area contributed by atoms with Crippen LogP contribution in [0.15, 0.2) is 71.1 Å². The Morgan fingerprint density at radius 3 is 2.48 bits per heavy atom. The quantitative estimate of drug-likeness (QED) is 0.190. The Balaban J connectivity index is 1.49. The molecule has 2 aromatic carbocycles. The molecule has 0 aliphatic rings. The molecule has 0 bridgehead atoms. The highest BCUT2D eigenvalue weighted by atomic mass is 32.1. The molecule has 0 unspecified atom stereocenters. The summed E-state index contributed by atoms with van der Waals surface area (Å²) in [5, 5.41) is 2.80. The van der Waals surface area contributed by atoms with Crippen LogP contribution in [-0.4, -0.2) is 16.8 Å². The van der Waals surface area contributed by atoms with Crippen molar-refractivity contribution < 1.29 is 31.9 Å². The number of hydrogen-bond donors (Lipinski definition) is 2. The zero-order valence-electron chi connectivity index (χ0n) is 22.8. The van der Waals surface area contributed by atoms with Crippen LogP contribution in [0.2, 0.25) is 0 Å². The molecular formula is C31H26F3N3O4S. The summed E-state index contributed by atoms with van der Waals surface area (Å²) in [6, 6.07) is 18.2. The molecule has 0 saturated heterocycles. The number of benzene rings is 2. The molecule has 0 atom stereocenters. The van der Waals surface area contributed by atoms with Gasteiger partial charge in [0, 0.05) is 5.39 Å². The summed E-state index contributed by atoms with van der Waals surface area (Å²) in [5.74, 6) is -0.404. The molecule has 2 amide bonds. The molecule has 0 radical (unpaired) electrons. The van der Waals surface area contributed by atoms with Crippen LogP contribution in [0.1, 0.15) is 62.6 Å². The average Bonchev–Trinajstić information content (AvgIpc) is 3.56. The molecule has 0 aliphatic carbocycles. The van der Waals surface area contributed by atoms with Gasteiger partial charge in [-0.2, -0.15) is 13.2 Å². The summed E-state index contributed by atoms with van der Waals surface area (Å²) in [6.45, 7) is 6.14. The largest absolute Gasteiger partial charge is 0.485 e. The van der Waals surface area contributed by atoms with Crippen molar-refractivity contribution in [3.63, 3.8) is 0 Å². The van der Waals surface area contributed by atoms with Gasteiger partial charge in [0.2, 0.25) is 0 Å². The van der Waals surface area contributed by atoms with Crippen molar-refractivity contribution in [1.82, 2.24) is 4.98 Å². The van der Waals surface area contributed by atoms with E-state index in [0.717, 1.165) is 17.2 Å². The molecule has 5 rings (SSSR count). The molecule has 216 valence electrons. The first-order valence-electron chi connectivity index (χ1n) is 13.0. The molecule has 42 heavy (non-hydrogen) atoms. The van der Waals surface area contributed by atoms with Crippen molar-refractivity contribution in [2.24, 2.45) is 5.73 Å². The van der Waals surface area contributed by atoms with Crippen molar-refractivity contribution in [3.8, 4) is 16.9 Å². The van der Waals surface area contributed by atoms with E-state index in [1.807, 2.05) is 25.1 Å². The number of ether oxygens (including phenoxy) is 1. The Morgan fingerprint density at radius 1 is 1.07 bits per heavy atom. The van der Waals surface area contributed by atoms with Gasteiger partial charge >= 0.3 is 6.18 Å². The van der Waals surface area contributed by atoms with Crippen molar-refractivity contribution in [2.45, 2.75) is 39.5 Å². The fourth-order valence-corrected chi connectivity index (χ4v) is 5.53. The van der Waals surface area contributed by atoms with Crippen molar-refractivity contribution >= 4 is 39.1 Å². The number of alkyl halides is 3. The molecule has 11 heteroatoms. The fraction of sp³-hybridized carbons (Fsp3) is 0.194. The van der Waals surface area contributed by atoms with Crippen LogP contribution in [0, 0.1) is 6.92 Å². The van der Waals surface area contributed by atoms with Crippen LogP contribution in [0.3, 0.4) is 0 Å². The lowest BCUT2D eigenvalue weighted by Gasteiger charge is -2.14. The fourth-order valence-electron chi connectivity index (χ4n) is 4.53. The highest BCUT2D eigenvalue weighted by molar-refractivity contribution is 7.21. The Bertz CT molecular complexity index is 1790. The van der Waals surface area contributed by atoms with Crippen LogP contribution < -0.4 is 15.8 Å². The monoisotopic (exact) mass is 593 g/mol. The van der Waals surface area contributed by atoms with Crippen LogP contribution in [0.4, 0.5) is 18.9 Å². The van der Waals surface area contributed by atoms with Crippen LogP contribution in [-0.2, 0) is 12.8 Å². The Hall–Kier alpha value is -4.64. The molecule has 7 nitrogen and oxygen atoms in total. The van der Waals surface area contributed by atoms with Crippen LogP contribution >= 0.6 is 11.3 Å². The number of fused-ring (bicyclic) bond motifs is 1. The molecular weight excluding hydrogens is 567 g/mol. The van der Waals surface area contributed by atoms with Gasteiger partial charge in [0.05, 0.1) is 5.69 Å². The molecule has 3 heterocycles. The smallest absolute Gasteiger partial charge is 0.433 e. The first-order chi connectivity index (χ1) is 19.9. The van der Waals surface area contributed by atoms with Crippen molar-refractivity contribution in [2.75, 3.05) is 5.32 Å². The zero-order chi connectivity index (χ0) is 30.2.